The van der Waals surface area contributed by atoms with Gasteiger partial charge in [0, 0.05) is 18.9 Å². The molecule has 2 rings (SSSR count). The third-order valence-electron chi connectivity index (χ3n) is 3.47. The number of benzene rings is 1. The van der Waals surface area contributed by atoms with Gasteiger partial charge in [-0.25, -0.2) is 0 Å². The van der Waals surface area contributed by atoms with Crippen LogP contribution in [0.5, 0.6) is 5.75 Å². The predicted octanol–water partition coefficient (Wildman–Crippen LogP) is 2.04. The van der Waals surface area contributed by atoms with Crippen LogP contribution in [0.25, 0.3) is 0 Å². The number of methoxy groups -OCH3 is 1. The summed E-state index contributed by atoms with van der Waals surface area (Å²) in [7, 11) is 1.65. The number of hydrogen-bond donors (Lipinski definition) is 2. The fourth-order valence-electron chi connectivity index (χ4n) is 2.31. The zero-order valence-electron chi connectivity index (χ0n) is 10.8. The van der Waals surface area contributed by atoms with E-state index in [1.807, 2.05) is 24.3 Å². The topological polar surface area (TPSA) is 50.7 Å². The van der Waals surface area contributed by atoms with Crippen LogP contribution in [0.2, 0.25) is 0 Å². The summed E-state index contributed by atoms with van der Waals surface area (Å²) in [6, 6.07) is 7.78. The van der Waals surface area contributed by atoms with Crippen molar-refractivity contribution in [2.24, 2.45) is 0 Å². The number of aliphatic hydroxyl groups is 1. The summed E-state index contributed by atoms with van der Waals surface area (Å²) in [5.41, 5.74) is 0.747. The Bertz CT molecular complexity index is 356. The third-order valence-corrected chi connectivity index (χ3v) is 3.47. The zero-order chi connectivity index (χ0) is 12.8. The van der Waals surface area contributed by atoms with Gasteiger partial charge >= 0.3 is 0 Å². The Hall–Kier alpha value is -1.26. The van der Waals surface area contributed by atoms with Crippen LogP contribution in [-0.4, -0.2) is 37.6 Å². The van der Waals surface area contributed by atoms with E-state index in [0.29, 0.717) is 6.61 Å². The highest BCUT2D eigenvalue weighted by Gasteiger charge is 2.30. The lowest BCUT2D eigenvalue weighted by atomic mass is 9.91. The maximum atomic E-state index is 9.69. The van der Waals surface area contributed by atoms with E-state index in [0.717, 1.165) is 37.3 Å². The Kier molecular flexibility index (Phi) is 4.44. The van der Waals surface area contributed by atoms with Gasteiger partial charge in [-0.3, -0.25) is 0 Å². The van der Waals surface area contributed by atoms with Gasteiger partial charge < -0.3 is 19.9 Å². The average Bonchev–Trinajstić information content (AvgIpc) is 2.66. The second-order valence-corrected chi connectivity index (χ2v) is 4.76. The predicted molar refractivity (Wildman–Crippen MR) is 71.1 cm³/mol. The molecule has 0 saturated carbocycles. The SMILES string of the molecule is COc1ccc(NC2(CO)CCCOCC2)cc1. The lowest BCUT2D eigenvalue weighted by Crippen LogP contribution is -2.42. The molecule has 100 valence electrons. The molecular formula is C14H21NO3. The highest BCUT2D eigenvalue weighted by Crippen LogP contribution is 2.27. The van der Waals surface area contributed by atoms with Gasteiger partial charge in [-0.1, -0.05) is 0 Å². The van der Waals surface area contributed by atoms with E-state index in [2.05, 4.69) is 5.32 Å². The van der Waals surface area contributed by atoms with E-state index >= 15 is 0 Å². The molecule has 1 aromatic rings. The van der Waals surface area contributed by atoms with Crippen molar-refractivity contribution in [2.45, 2.75) is 24.8 Å². The minimum atomic E-state index is -0.259. The van der Waals surface area contributed by atoms with E-state index in [1.54, 1.807) is 7.11 Å². The zero-order valence-corrected chi connectivity index (χ0v) is 10.8. The Morgan fingerprint density at radius 1 is 1.28 bits per heavy atom. The molecule has 0 aliphatic carbocycles. The quantitative estimate of drug-likeness (QED) is 0.860. The first-order valence-electron chi connectivity index (χ1n) is 6.39. The summed E-state index contributed by atoms with van der Waals surface area (Å²) < 4.78 is 10.6. The fraction of sp³-hybridized carbons (Fsp3) is 0.571. The number of hydrogen-bond acceptors (Lipinski definition) is 4. The Balaban J connectivity index is 2.07. The van der Waals surface area contributed by atoms with Crippen molar-refractivity contribution in [3.8, 4) is 5.75 Å². The van der Waals surface area contributed by atoms with Crippen molar-refractivity contribution in [1.29, 1.82) is 0 Å². The van der Waals surface area contributed by atoms with Gasteiger partial charge in [-0.05, 0) is 43.5 Å². The van der Waals surface area contributed by atoms with Gasteiger partial charge in [0.05, 0.1) is 19.3 Å². The molecule has 0 radical (unpaired) electrons. The molecule has 0 aromatic heterocycles. The summed E-state index contributed by atoms with van der Waals surface area (Å²) in [6.07, 6.45) is 2.73. The van der Waals surface area contributed by atoms with Gasteiger partial charge in [-0.2, -0.15) is 0 Å². The second-order valence-electron chi connectivity index (χ2n) is 4.76. The van der Waals surface area contributed by atoms with Crippen LogP contribution < -0.4 is 10.1 Å². The van der Waals surface area contributed by atoms with Crippen molar-refractivity contribution >= 4 is 5.69 Å². The summed E-state index contributed by atoms with van der Waals surface area (Å²) in [4.78, 5) is 0. The normalized spacial score (nSPS) is 24.3. The van der Waals surface area contributed by atoms with E-state index in [1.165, 1.54) is 0 Å². The Labute approximate surface area is 108 Å². The van der Waals surface area contributed by atoms with E-state index in [4.69, 9.17) is 9.47 Å². The lowest BCUT2D eigenvalue weighted by Gasteiger charge is -2.32. The molecule has 1 saturated heterocycles. The molecule has 1 aliphatic heterocycles. The van der Waals surface area contributed by atoms with Crippen molar-refractivity contribution in [3.05, 3.63) is 24.3 Å². The van der Waals surface area contributed by atoms with Gasteiger partial charge in [-0.15, -0.1) is 0 Å². The first kappa shape index (κ1) is 13.2. The van der Waals surface area contributed by atoms with E-state index in [-0.39, 0.29) is 12.1 Å². The molecule has 1 fully saturated rings. The monoisotopic (exact) mass is 251 g/mol. The minimum absolute atomic E-state index is 0.127. The van der Waals surface area contributed by atoms with Gasteiger partial charge in [0.1, 0.15) is 5.75 Å². The first-order chi connectivity index (χ1) is 8.78. The summed E-state index contributed by atoms with van der Waals surface area (Å²) in [5, 5.41) is 13.1. The molecule has 0 bridgehead atoms. The molecule has 1 atom stereocenters. The molecule has 1 unspecified atom stereocenters. The highest BCUT2D eigenvalue weighted by atomic mass is 16.5. The maximum absolute atomic E-state index is 9.69. The number of rotatable bonds is 4. The summed E-state index contributed by atoms with van der Waals surface area (Å²) in [6.45, 7) is 1.61. The highest BCUT2D eigenvalue weighted by molar-refractivity contribution is 5.48. The van der Waals surface area contributed by atoms with Gasteiger partial charge in [0.15, 0.2) is 0 Å². The molecule has 0 spiro atoms. The number of ether oxygens (including phenoxy) is 2. The van der Waals surface area contributed by atoms with Crippen LogP contribution in [0.3, 0.4) is 0 Å². The standard InChI is InChI=1S/C14H21NO3/c1-17-13-5-3-12(4-6-13)15-14(11-16)7-2-9-18-10-8-14/h3-6,15-16H,2,7-11H2,1H3. The fourth-order valence-corrected chi connectivity index (χ4v) is 2.31. The maximum Gasteiger partial charge on any atom is 0.119 e. The number of nitrogens with one attached hydrogen (secondary N) is 1. The molecule has 1 heterocycles. The van der Waals surface area contributed by atoms with Crippen molar-refractivity contribution in [3.63, 3.8) is 0 Å². The Morgan fingerprint density at radius 2 is 2.06 bits per heavy atom. The molecule has 1 aliphatic rings. The second kappa shape index (κ2) is 6.07. The molecular weight excluding hydrogens is 230 g/mol. The summed E-state index contributed by atoms with van der Waals surface area (Å²) >= 11 is 0. The smallest absolute Gasteiger partial charge is 0.119 e. The van der Waals surface area contributed by atoms with Crippen LogP contribution >= 0.6 is 0 Å². The molecule has 2 N–H and O–H groups in total. The average molecular weight is 251 g/mol. The van der Waals surface area contributed by atoms with Gasteiger partial charge in [0.2, 0.25) is 0 Å². The van der Waals surface area contributed by atoms with Crippen LogP contribution in [0, 0.1) is 0 Å². The van der Waals surface area contributed by atoms with E-state index < -0.39 is 0 Å². The van der Waals surface area contributed by atoms with Gasteiger partial charge in [0.25, 0.3) is 0 Å². The Morgan fingerprint density at radius 3 is 2.72 bits per heavy atom. The van der Waals surface area contributed by atoms with Crippen molar-refractivity contribution in [2.75, 3.05) is 32.2 Å². The molecule has 4 heteroatoms. The molecule has 1 aromatic carbocycles. The number of anilines is 1. The van der Waals surface area contributed by atoms with Crippen molar-refractivity contribution < 1.29 is 14.6 Å². The van der Waals surface area contributed by atoms with Crippen LogP contribution in [0.15, 0.2) is 24.3 Å². The van der Waals surface area contributed by atoms with Crippen LogP contribution in [0.1, 0.15) is 19.3 Å². The largest absolute Gasteiger partial charge is 0.497 e. The van der Waals surface area contributed by atoms with Crippen molar-refractivity contribution in [1.82, 2.24) is 0 Å². The number of aliphatic hydroxyl groups excluding tert-OH is 1. The van der Waals surface area contributed by atoms with Crippen LogP contribution in [0.4, 0.5) is 5.69 Å². The lowest BCUT2D eigenvalue weighted by molar-refractivity contribution is 0.132. The van der Waals surface area contributed by atoms with Crippen LogP contribution in [-0.2, 0) is 4.74 Å². The first-order valence-corrected chi connectivity index (χ1v) is 6.39. The molecule has 18 heavy (non-hydrogen) atoms. The minimum Gasteiger partial charge on any atom is -0.497 e. The van der Waals surface area contributed by atoms with E-state index in [9.17, 15) is 5.11 Å². The molecule has 0 amide bonds. The summed E-state index contributed by atoms with van der Waals surface area (Å²) in [5.74, 6) is 0.836. The third kappa shape index (κ3) is 3.15. The molecule has 4 nitrogen and oxygen atoms in total.